The molecule has 2 aromatic heterocycles. The van der Waals surface area contributed by atoms with Gasteiger partial charge in [0.2, 0.25) is 16.0 Å². The van der Waals surface area contributed by atoms with Crippen LogP contribution in [0.1, 0.15) is 105 Å². The number of carbonyl (C=O) groups is 3. The van der Waals surface area contributed by atoms with Gasteiger partial charge in [-0.2, -0.15) is 0 Å². The van der Waals surface area contributed by atoms with E-state index < -0.39 is 45.3 Å². The molecule has 4 aliphatic heterocycles. The Morgan fingerprint density at radius 3 is 2.17 bits per heavy atom. The Labute approximate surface area is 544 Å². The Morgan fingerprint density at radius 1 is 0.830 bits per heavy atom. The molecule has 2 saturated heterocycles. The molecule has 5 atom stereocenters. The van der Waals surface area contributed by atoms with E-state index in [0.717, 1.165) is 84.5 Å². The third kappa shape index (κ3) is 14.2. The number of fused-ring (bicyclic) bond motifs is 6. The number of pyridine rings is 1. The Morgan fingerprint density at radius 2 is 1.51 bits per heavy atom. The van der Waals surface area contributed by atoms with Gasteiger partial charge in [-0.05, 0) is 109 Å². The summed E-state index contributed by atoms with van der Waals surface area (Å²) in [4.78, 5) is 57.3. The third-order valence-corrected chi connectivity index (χ3v) is 19.1. The Balaban J connectivity index is 0.000000144. The van der Waals surface area contributed by atoms with E-state index in [2.05, 4.69) is 36.7 Å². The molecule has 0 bridgehead atoms. The molecule has 8 aromatic rings. The number of hydrogen-bond donors (Lipinski definition) is 3. The Bertz CT molecular complexity index is 4270. The molecule has 0 spiro atoms. The van der Waals surface area contributed by atoms with Gasteiger partial charge in [-0.15, -0.1) is 0 Å². The molecule has 94 heavy (non-hydrogen) atoms. The van der Waals surface area contributed by atoms with Gasteiger partial charge in [-0.25, -0.2) is 41.7 Å². The monoisotopic (exact) mass is 1300 g/mol. The van der Waals surface area contributed by atoms with Crippen molar-refractivity contribution >= 4 is 55.9 Å². The molecule has 22 heteroatoms. The second kappa shape index (κ2) is 28.1. The number of hydrogen-bond acceptors (Lipinski definition) is 17. The maximum absolute atomic E-state index is 13.5. The van der Waals surface area contributed by atoms with E-state index in [0.29, 0.717) is 57.4 Å². The minimum Gasteiger partial charge on any atom is -0.508 e. The van der Waals surface area contributed by atoms with Gasteiger partial charge >= 0.3 is 5.97 Å². The predicted molar refractivity (Wildman–Crippen MR) is 354 cm³/mol. The molecule has 19 nitrogen and oxygen atoms in total. The van der Waals surface area contributed by atoms with Crippen molar-refractivity contribution in [2.24, 2.45) is 0 Å². The molecule has 0 radical (unpaired) electrons. The number of aryl methyl sites for hydroxylation is 1. The molecule has 1 amide bonds. The van der Waals surface area contributed by atoms with Crippen LogP contribution in [-0.4, -0.2) is 124 Å². The van der Waals surface area contributed by atoms with Gasteiger partial charge in [-0.1, -0.05) is 85.3 Å². The standard InChI is InChI=1S/C26H26N6O.C23H23F2NO5S.C23H24O6/c1-2-19-8-10-20(11-9-19)30-25(33)23-18-29-24(22-7-4-3-6-21(22)23)31-14-16-32(17-15-31)26-27-12-5-13-28-26;1-23(24,25)17-7-3-15(4-8-17)22(27)31-20-12-21-16(13-26-32(21,28)29)11-19(20)14-5-9-18(30-2)10-6-14;1-12(2)5-6-13-16(24)8-7-14-22(25)21-15-9-18(26-3)19(27-4)10-17(15)28-11-20(21)29-23(13)14/h3-13,18H,2,14-17H2,1H3,(H,30,33);3-11,19-21,26H,12-13H2,1-2H3;5,7-10,20-21,24H,6,11H2,1-4H3/t;;20-,21+/m..1/s1. The summed E-state index contributed by atoms with van der Waals surface area (Å²) < 4.78 is 88.0. The molecule has 3 unspecified atom stereocenters. The second-order valence-electron chi connectivity index (χ2n) is 23.6. The zero-order chi connectivity index (χ0) is 66.4. The van der Waals surface area contributed by atoms with E-state index in [4.69, 9.17) is 33.4 Å². The highest BCUT2D eigenvalue weighted by Crippen LogP contribution is 2.49. The summed E-state index contributed by atoms with van der Waals surface area (Å²) in [6.07, 6.45) is 9.42. The summed E-state index contributed by atoms with van der Waals surface area (Å²) in [6.45, 7) is 10.6. The van der Waals surface area contributed by atoms with Gasteiger partial charge in [0.05, 0.1) is 43.9 Å². The lowest BCUT2D eigenvalue weighted by Crippen LogP contribution is -2.47. The van der Waals surface area contributed by atoms with Crippen LogP contribution < -0.4 is 43.5 Å². The van der Waals surface area contributed by atoms with Gasteiger partial charge in [0.15, 0.2) is 17.3 Å². The maximum Gasteiger partial charge on any atom is 0.338 e. The number of aromatic nitrogens is 3. The number of carbonyl (C=O) groups excluding carboxylic acids is 3. The summed E-state index contributed by atoms with van der Waals surface area (Å²) in [5.41, 5.74) is 7.03. The number of allylic oxidation sites excluding steroid dienone is 2. The molecule has 1 aliphatic carbocycles. The number of ketones is 1. The Kier molecular flexibility index (Phi) is 19.6. The minimum atomic E-state index is -3.53. The lowest BCUT2D eigenvalue weighted by molar-refractivity contribution is 0.0168. The number of aromatic hydroxyl groups is 1. The van der Waals surface area contributed by atoms with Crippen LogP contribution in [0.5, 0.6) is 34.5 Å². The number of ether oxygens (including phenoxy) is 6. The fourth-order valence-electron chi connectivity index (χ4n) is 12.2. The van der Waals surface area contributed by atoms with Gasteiger partial charge in [0.25, 0.3) is 11.8 Å². The van der Waals surface area contributed by atoms with Crippen LogP contribution in [0.4, 0.5) is 26.2 Å². The van der Waals surface area contributed by atoms with E-state index in [-0.39, 0.29) is 54.1 Å². The number of alkyl halides is 2. The highest BCUT2D eigenvalue weighted by molar-refractivity contribution is 7.90. The molecule has 13 rings (SSSR count). The smallest absolute Gasteiger partial charge is 0.338 e. The van der Waals surface area contributed by atoms with Crippen LogP contribution in [0.2, 0.25) is 0 Å². The van der Waals surface area contributed by atoms with Crippen molar-refractivity contribution in [3.05, 3.63) is 214 Å². The topological polar surface area (TPSA) is 230 Å². The molecule has 0 saturated carbocycles. The number of methoxy groups -OCH3 is 3. The SMILES string of the molecule is CCc1ccc(NC(=O)c2cnc(N3CCN(c4ncccn4)CC3)c3ccccc23)cc1.COc1cc2c(cc1OC)[C@@H]1C(=O)c3ccc(O)c(CC=C(C)C)c3O[C@@H]1CO2.COc1ccc(C2C=C3CNS(=O)(=O)C3CC2OC(=O)c2ccc(C(C)(F)F)cc2)cc1. The number of rotatable bonds is 14. The third-order valence-electron chi connectivity index (χ3n) is 17.3. The first kappa shape index (κ1) is 65.6. The van der Waals surface area contributed by atoms with Gasteiger partial charge < -0.3 is 48.6 Å². The summed E-state index contributed by atoms with van der Waals surface area (Å²) in [5.74, 6) is -0.212. The number of Topliss-reactive ketones (excluding diaryl/α,β-unsaturated/α-hetero) is 1. The van der Waals surface area contributed by atoms with E-state index in [9.17, 15) is 36.7 Å². The number of nitrogens with zero attached hydrogens (tertiary/aromatic N) is 5. The van der Waals surface area contributed by atoms with Crippen LogP contribution in [-0.2, 0) is 33.5 Å². The van der Waals surface area contributed by atoms with E-state index in [1.54, 1.807) is 76.3 Å². The summed E-state index contributed by atoms with van der Waals surface area (Å²) in [5, 5.41) is 14.5. The van der Waals surface area contributed by atoms with Crippen LogP contribution >= 0.6 is 0 Å². The molecule has 3 N–H and O–H groups in total. The molecule has 6 aromatic carbocycles. The number of nitrogens with one attached hydrogen (secondary N) is 2. The van der Waals surface area contributed by atoms with Crippen LogP contribution in [0.3, 0.4) is 0 Å². The average molecular weight is 1300 g/mol. The van der Waals surface area contributed by atoms with E-state index in [1.807, 2.05) is 92.7 Å². The first-order valence-corrected chi connectivity index (χ1v) is 32.4. The fraction of sp³-hybridized carbons (Fsp3) is 0.306. The number of piperazine rings is 1. The summed E-state index contributed by atoms with van der Waals surface area (Å²) in [7, 11) is 1.14. The first-order chi connectivity index (χ1) is 45.2. The van der Waals surface area contributed by atoms with Crippen molar-refractivity contribution in [3.63, 3.8) is 0 Å². The van der Waals surface area contributed by atoms with Gasteiger partial charge in [0, 0.05) is 104 Å². The summed E-state index contributed by atoms with van der Waals surface area (Å²) in [6, 6.07) is 36.7. The Hall–Kier alpha value is -9.93. The number of sulfonamides is 1. The van der Waals surface area contributed by atoms with Crippen LogP contribution in [0.25, 0.3) is 10.8 Å². The summed E-state index contributed by atoms with van der Waals surface area (Å²) >= 11 is 0. The molecule has 2 fully saturated rings. The number of benzene rings is 6. The molecular formula is C72H73F2N7O12S. The number of halogens is 2. The van der Waals surface area contributed by atoms with Crippen LogP contribution in [0, 0.1) is 0 Å². The van der Waals surface area contributed by atoms with Crippen molar-refractivity contribution in [2.75, 3.05) is 75.8 Å². The van der Waals surface area contributed by atoms with Crippen molar-refractivity contribution in [1.82, 2.24) is 19.7 Å². The van der Waals surface area contributed by atoms with Crippen molar-refractivity contribution < 1.29 is 65.1 Å². The maximum atomic E-state index is 13.5. The average Bonchev–Trinajstić information content (AvgIpc) is 0.774. The predicted octanol–water partition coefficient (Wildman–Crippen LogP) is 12.0. The molecule has 488 valence electrons. The molecule has 5 aliphatic rings. The number of amides is 1. The number of phenols is 1. The van der Waals surface area contributed by atoms with Gasteiger partial charge in [0.1, 0.15) is 52.9 Å². The van der Waals surface area contributed by atoms with Crippen molar-refractivity contribution in [2.45, 2.75) is 82.2 Å². The normalized spacial score (nSPS) is 19.1. The first-order valence-electron chi connectivity index (χ1n) is 30.9. The van der Waals surface area contributed by atoms with E-state index in [1.165, 1.54) is 29.8 Å². The fourth-order valence-corrected chi connectivity index (χ4v) is 13.8. The van der Waals surface area contributed by atoms with E-state index >= 15 is 0 Å². The number of phenolic OH excluding ortho intramolecular Hbond substituents is 1. The highest BCUT2D eigenvalue weighted by Gasteiger charge is 2.46. The van der Waals surface area contributed by atoms with Gasteiger partial charge in [-0.3, -0.25) is 9.59 Å². The van der Waals surface area contributed by atoms with Crippen molar-refractivity contribution in [1.29, 1.82) is 0 Å². The number of anilines is 3. The highest BCUT2D eigenvalue weighted by atomic mass is 32.2. The molecule has 6 heterocycles. The lowest BCUT2D eigenvalue weighted by atomic mass is 9.81. The lowest BCUT2D eigenvalue weighted by Gasteiger charge is -2.38. The zero-order valence-electron chi connectivity index (χ0n) is 53.1. The number of esters is 1. The second-order valence-corrected chi connectivity index (χ2v) is 25.5. The quantitative estimate of drug-likeness (QED) is 0.0679. The zero-order valence-corrected chi connectivity index (χ0v) is 53.9. The largest absolute Gasteiger partial charge is 0.508 e. The minimum absolute atomic E-state index is 0.0496. The van der Waals surface area contributed by atoms with Crippen LogP contribution in [0.15, 0.2) is 169 Å². The molecular weight excluding hydrogens is 1220 g/mol. The van der Waals surface area contributed by atoms with Crippen molar-refractivity contribution in [3.8, 4) is 34.5 Å².